The van der Waals surface area contributed by atoms with Gasteiger partial charge in [0.05, 0.1) is 37.4 Å². The van der Waals surface area contributed by atoms with Crippen molar-refractivity contribution in [1.29, 1.82) is 0 Å². The van der Waals surface area contributed by atoms with Gasteiger partial charge in [0.1, 0.15) is 11.5 Å². The Bertz CT molecular complexity index is 1110. The fraction of sp³-hybridized carbons (Fsp3) is 0.333. The summed E-state index contributed by atoms with van der Waals surface area (Å²) >= 11 is 8.94. The van der Waals surface area contributed by atoms with Gasteiger partial charge in [0, 0.05) is 33.1 Å². The zero-order valence-corrected chi connectivity index (χ0v) is 23.3. The molecular weight excluding hydrogens is 537 g/mol. The minimum atomic E-state index is 0.459. The summed E-state index contributed by atoms with van der Waals surface area (Å²) in [5.74, 6) is 3.69. The number of aromatic nitrogens is 2. The lowest BCUT2D eigenvalue weighted by molar-refractivity contribution is 0.414. The highest BCUT2D eigenvalue weighted by atomic mass is 32.2. The first-order chi connectivity index (χ1) is 17.2. The Kier molecular flexibility index (Phi) is 8.61. The summed E-state index contributed by atoms with van der Waals surface area (Å²) < 4.78 is 12.5. The third-order valence-corrected chi connectivity index (χ3v) is 11.7. The summed E-state index contributed by atoms with van der Waals surface area (Å²) in [5.41, 5.74) is 2.31. The van der Waals surface area contributed by atoms with Gasteiger partial charge >= 0.3 is 0 Å². The van der Waals surface area contributed by atoms with Gasteiger partial charge in [-0.05, 0) is 48.5 Å². The van der Waals surface area contributed by atoms with Gasteiger partial charge in [-0.1, -0.05) is 34.9 Å². The van der Waals surface area contributed by atoms with E-state index >= 15 is 0 Å². The van der Waals surface area contributed by atoms with Crippen LogP contribution in [-0.4, -0.2) is 69.6 Å². The summed E-state index contributed by atoms with van der Waals surface area (Å²) in [7, 11) is 3.37. The Morgan fingerprint density at radius 3 is 1.54 bits per heavy atom. The number of hydrogen-bond donors (Lipinski definition) is 0. The second kappa shape index (κ2) is 12.1. The zero-order chi connectivity index (χ0) is 24.0. The standard InChI is InChI=1S/C24H24N4O2S5/c1-29-17-7-3-15(4-8-17)21-25-11-19(33-21)13-31-23-27-28-24(35-23)32-14-20-12-26-22(34-20)16-5-9-18(30-2)10-6-16/h3-10,19-20H,11-14H2,1-2H3/t19-,20+. The highest BCUT2D eigenvalue weighted by molar-refractivity contribution is 8.16. The van der Waals surface area contributed by atoms with Crippen LogP contribution in [0.5, 0.6) is 11.5 Å². The van der Waals surface area contributed by atoms with E-state index in [-0.39, 0.29) is 0 Å². The fourth-order valence-electron chi connectivity index (χ4n) is 3.44. The van der Waals surface area contributed by atoms with Gasteiger partial charge in [0.25, 0.3) is 0 Å². The number of aliphatic imine (C=N–C) groups is 2. The van der Waals surface area contributed by atoms with Gasteiger partial charge in [-0.25, -0.2) is 0 Å². The van der Waals surface area contributed by atoms with E-state index in [0.717, 1.165) is 66.0 Å². The van der Waals surface area contributed by atoms with Crippen molar-refractivity contribution in [2.24, 2.45) is 9.98 Å². The van der Waals surface area contributed by atoms with Crippen LogP contribution in [0.3, 0.4) is 0 Å². The van der Waals surface area contributed by atoms with Crippen LogP contribution in [0.1, 0.15) is 11.1 Å². The maximum Gasteiger partial charge on any atom is 0.175 e. The summed E-state index contributed by atoms with van der Waals surface area (Å²) in [6, 6.07) is 16.2. The molecule has 3 heterocycles. The van der Waals surface area contributed by atoms with Crippen LogP contribution in [0.4, 0.5) is 0 Å². The molecule has 0 spiro atoms. The molecule has 5 rings (SSSR count). The first-order valence-corrected chi connectivity index (χ1v) is 15.5. The van der Waals surface area contributed by atoms with Crippen LogP contribution >= 0.6 is 58.4 Å². The van der Waals surface area contributed by atoms with E-state index < -0.39 is 0 Å². The van der Waals surface area contributed by atoms with Gasteiger partial charge in [-0.2, -0.15) is 0 Å². The Hall–Kier alpha value is -1.66. The largest absolute Gasteiger partial charge is 0.497 e. The van der Waals surface area contributed by atoms with Crippen molar-refractivity contribution in [3.05, 3.63) is 59.7 Å². The van der Waals surface area contributed by atoms with Crippen molar-refractivity contribution < 1.29 is 9.47 Å². The monoisotopic (exact) mass is 560 g/mol. The number of thioether (sulfide) groups is 4. The molecule has 0 bridgehead atoms. The van der Waals surface area contributed by atoms with Crippen molar-refractivity contribution in [3.63, 3.8) is 0 Å². The van der Waals surface area contributed by atoms with E-state index in [0.29, 0.717) is 10.5 Å². The van der Waals surface area contributed by atoms with Crippen LogP contribution in [0.2, 0.25) is 0 Å². The second-order valence-corrected chi connectivity index (χ2v) is 13.8. The van der Waals surface area contributed by atoms with E-state index in [1.165, 1.54) is 0 Å². The summed E-state index contributed by atoms with van der Waals surface area (Å²) in [5, 5.41) is 11.9. The molecule has 182 valence electrons. The minimum Gasteiger partial charge on any atom is -0.497 e. The van der Waals surface area contributed by atoms with Crippen LogP contribution in [0.15, 0.2) is 67.2 Å². The zero-order valence-electron chi connectivity index (χ0n) is 19.2. The molecule has 0 N–H and O–H groups in total. The summed E-state index contributed by atoms with van der Waals surface area (Å²) in [4.78, 5) is 9.48. The molecular formula is C24H24N4O2S5. The number of ether oxygens (including phenoxy) is 2. The lowest BCUT2D eigenvalue weighted by Crippen LogP contribution is -2.06. The van der Waals surface area contributed by atoms with Crippen molar-refractivity contribution in [1.82, 2.24) is 10.2 Å². The molecule has 0 saturated heterocycles. The van der Waals surface area contributed by atoms with Gasteiger partial charge in [-0.3, -0.25) is 9.98 Å². The maximum atomic E-state index is 5.24. The van der Waals surface area contributed by atoms with Gasteiger partial charge in [0.15, 0.2) is 8.68 Å². The highest BCUT2D eigenvalue weighted by Gasteiger charge is 2.23. The Morgan fingerprint density at radius 2 is 1.14 bits per heavy atom. The Morgan fingerprint density at radius 1 is 0.714 bits per heavy atom. The predicted molar refractivity (Wildman–Crippen MR) is 153 cm³/mol. The van der Waals surface area contributed by atoms with Crippen molar-refractivity contribution in [2.45, 2.75) is 19.2 Å². The summed E-state index contributed by atoms with van der Waals surface area (Å²) in [6.45, 7) is 1.68. The van der Waals surface area contributed by atoms with Gasteiger partial charge in [0.2, 0.25) is 0 Å². The van der Waals surface area contributed by atoms with E-state index in [2.05, 4.69) is 34.5 Å². The second-order valence-electron chi connectivity index (χ2n) is 7.68. The number of benzene rings is 2. The quantitative estimate of drug-likeness (QED) is 0.286. The molecule has 0 unspecified atom stereocenters. The third-order valence-electron chi connectivity index (χ3n) is 5.28. The van der Waals surface area contributed by atoms with Crippen molar-refractivity contribution in [2.75, 3.05) is 38.8 Å². The SMILES string of the molecule is COc1ccc(C2=NC[C@H](CSc3nnc(SC[C@@H]4CN=C(c5ccc(OC)cc5)S4)s3)S2)cc1. The first kappa shape index (κ1) is 25.0. The van der Waals surface area contributed by atoms with E-state index in [9.17, 15) is 0 Å². The number of rotatable bonds is 10. The molecule has 1 aromatic heterocycles. The van der Waals surface area contributed by atoms with E-state index in [4.69, 9.17) is 19.5 Å². The van der Waals surface area contributed by atoms with Crippen LogP contribution in [0.25, 0.3) is 0 Å². The van der Waals surface area contributed by atoms with Gasteiger partial charge in [-0.15, -0.1) is 33.7 Å². The molecule has 2 aliphatic rings. The number of nitrogens with zero attached hydrogens (tertiary/aromatic N) is 4. The van der Waals surface area contributed by atoms with Crippen LogP contribution < -0.4 is 9.47 Å². The van der Waals surface area contributed by atoms with Gasteiger partial charge < -0.3 is 9.47 Å². The molecule has 0 aliphatic carbocycles. The highest BCUT2D eigenvalue weighted by Crippen LogP contribution is 2.36. The third kappa shape index (κ3) is 6.56. The van der Waals surface area contributed by atoms with Crippen LogP contribution in [-0.2, 0) is 0 Å². The predicted octanol–water partition coefficient (Wildman–Crippen LogP) is 5.86. The molecule has 6 nitrogen and oxygen atoms in total. The molecule has 35 heavy (non-hydrogen) atoms. The molecule has 0 saturated carbocycles. The smallest absolute Gasteiger partial charge is 0.175 e. The molecule has 0 radical (unpaired) electrons. The lowest BCUT2D eigenvalue weighted by atomic mass is 10.2. The van der Waals surface area contributed by atoms with Crippen molar-refractivity contribution >= 4 is 68.5 Å². The molecule has 3 aromatic rings. The molecule has 2 aromatic carbocycles. The fourth-order valence-corrected chi connectivity index (χ4v) is 9.05. The average Bonchev–Trinajstić information content (AvgIpc) is 3.67. The van der Waals surface area contributed by atoms with Crippen LogP contribution in [0, 0.1) is 0 Å². The van der Waals surface area contributed by atoms with E-state index in [1.54, 1.807) is 49.1 Å². The molecule has 2 aliphatic heterocycles. The minimum absolute atomic E-state index is 0.459. The molecule has 0 amide bonds. The Labute approximate surface area is 226 Å². The number of methoxy groups -OCH3 is 2. The topological polar surface area (TPSA) is 69.0 Å². The maximum absolute atomic E-state index is 5.24. The normalized spacial score (nSPS) is 19.5. The lowest BCUT2D eigenvalue weighted by Gasteiger charge is -2.07. The average molecular weight is 561 g/mol. The van der Waals surface area contributed by atoms with E-state index in [1.807, 2.05) is 47.8 Å². The molecule has 2 atom stereocenters. The Balaban J connectivity index is 1.04. The summed E-state index contributed by atoms with van der Waals surface area (Å²) in [6.07, 6.45) is 0. The molecule has 11 heteroatoms. The van der Waals surface area contributed by atoms with Crippen molar-refractivity contribution in [3.8, 4) is 11.5 Å². The first-order valence-electron chi connectivity index (χ1n) is 11.0. The molecule has 0 fully saturated rings. The number of hydrogen-bond acceptors (Lipinski definition) is 11.